The summed E-state index contributed by atoms with van der Waals surface area (Å²) < 4.78 is 22.7. The fraction of sp³-hybridized carbons (Fsp3) is 1.00. The topological polar surface area (TPSA) is 69.6 Å². The molecule has 0 aromatic carbocycles. The molecule has 0 aliphatic carbocycles. The van der Waals surface area contributed by atoms with Crippen LogP contribution in [0.15, 0.2) is 0 Å². The van der Waals surface area contributed by atoms with Crippen molar-refractivity contribution in [3.05, 3.63) is 0 Å². The average molecular weight is 250 g/mol. The zero-order chi connectivity index (χ0) is 12.2. The zero-order valence-corrected chi connectivity index (χ0v) is 10.8. The van der Waals surface area contributed by atoms with Gasteiger partial charge in [0, 0.05) is 25.7 Å². The Kier molecular flexibility index (Phi) is 5.17. The minimum Gasteiger partial charge on any atom is -0.390 e. The maximum absolute atomic E-state index is 11.4. The van der Waals surface area contributed by atoms with Gasteiger partial charge >= 0.3 is 0 Å². The zero-order valence-electron chi connectivity index (χ0n) is 10.0. The fourth-order valence-electron chi connectivity index (χ4n) is 1.95. The van der Waals surface area contributed by atoms with Gasteiger partial charge in [-0.25, -0.2) is 8.42 Å². The van der Waals surface area contributed by atoms with Crippen LogP contribution in [0, 0.1) is 0 Å². The van der Waals surface area contributed by atoms with E-state index in [1.54, 1.807) is 0 Å². The van der Waals surface area contributed by atoms with Crippen molar-refractivity contribution in [1.82, 2.24) is 10.2 Å². The molecule has 96 valence electrons. The minimum atomic E-state index is -2.86. The molecule has 1 heterocycles. The van der Waals surface area contributed by atoms with E-state index in [0.717, 1.165) is 6.54 Å². The first kappa shape index (κ1) is 13.9. The standard InChI is InChI=1S/C10H22N2O3S/c1-3-11-6-10(13)7-12-4-5-16(14,15)8-9(12)2/h9-11,13H,3-8H2,1-2H3. The third-order valence-electron chi connectivity index (χ3n) is 2.88. The lowest BCUT2D eigenvalue weighted by atomic mass is 10.2. The summed E-state index contributed by atoms with van der Waals surface area (Å²) in [5, 5.41) is 12.8. The number of rotatable bonds is 5. The highest BCUT2D eigenvalue weighted by Gasteiger charge is 2.28. The summed E-state index contributed by atoms with van der Waals surface area (Å²) in [7, 11) is -2.86. The Balaban J connectivity index is 2.38. The van der Waals surface area contributed by atoms with Gasteiger partial charge in [-0.3, -0.25) is 4.90 Å². The van der Waals surface area contributed by atoms with Gasteiger partial charge in [0.15, 0.2) is 9.84 Å². The van der Waals surface area contributed by atoms with Crippen molar-refractivity contribution in [3.63, 3.8) is 0 Å². The summed E-state index contributed by atoms with van der Waals surface area (Å²) in [6.07, 6.45) is -0.428. The van der Waals surface area contributed by atoms with Crippen LogP contribution in [0.4, 0.5) is 0 Å². The molecular formula is C10H22N2O3S. The molecule has 0 aromatic heterocycles. The van der Waals surface area contributed by atoms with Crippen molar-refractivity contribution in [3.8, 4) is 0 Å². The molecule has 0 saturated carbocycles. The first-order valence-corrected chi connectivity index (χ1v) is 7.60. The highest BCUT2D eigenvalue weighted by molar-refractivity contribution is 7.91. The van der Waals surface area contributed by atoms with Crippen molar-refractivity contribution in [2.75, 3.05) is 37.7 Å². The Morgan fingerprint density at radius 1 is 1.56 bits per heavy atom. The van der Waals surface area contributed by atoms with E-state index in [0.29, 0.717) is 19.6 Å². The van der Waals surface area contributed by atoms with Crippen molar-refractivity contribution in [2.24, 2.45) is 0 Å². The smallest absolute Gasteiger partial charge is 0.153 e. The summed E-state index contributed by atoms with van der Waals surface area (Å²) in [6, 6.07) is 0.00928. The van der Waals surface area contributed by atoms with Gasteiger partial charge in [-0.15, -0.1) is 0 Å². The number of nitrogens with one attached hydrogen (secondary N) is 1. The van der Waals surface area contributed by atoms with Crippen molar-refractivity contribution in [2.45, 2.75) is 26.0 Å². The first-order chi connectivity index (χ1) is 7.44. The Labute approximate surface area is 97.7 Å². The molecule has 2 N–H and O–H groups in total. The van der Waals surface area contributed by atoms with E-state index in [9.17, 15) is 13.5 Å². The van der Waals surface area contributed by atoms with Crippen LogP contribution in [-0.2, 0) is 9.84 Å². The van der Waals surface area contributed by atoms with Gasteiger partial charge in [-0.05, 0) is 13.5 Å². The van der Waals surface area contributed by atoms with Gasteiger partial charge in [0.2, 0.25) is 0 Å². The number of hydrogen-bond acceptors (Lipinski definition) is 5. The summed E-state index contributed by atoms with van der Waals surface area (Å²) in [5.41, 5.74) is 0. The molecule has 0 bridgehead atoms. The van der Waals surface area contributed by atoms with Crippen LogP contribution < -0.4 is 5.32 Å². The third kappa shape index (κ3) is 4.37. The van der Waals surface area contributed by atoms with Gasteiger partial charge < -0.3 is 10.4 Å². The first-order valence-electron chi connectivity index (χ1n) is 5.78. The predicted molar refractivity (Wildman–Crippen MR) is 64.2 cm³/mol. The minimum absolute atomic E-state index is 0.00928. The van der Waals surface area contributed by atoms with E-state index in [-0.39, 0.29) is 17.5 Å². The fourth-order valence-corrected chi connectivity index (χ4v) is 3.58. The molecule has 6 heteroatoms. The molecule has 5 nitrogen and oxygen atoms in total. The van der Waals surface area contributed by atoms with E-state index in [1.807, 2.05) is 18.7 Å². The van der Waals surface area contributed by atoms with Crippen molar-refractivity contribution in [1.29, 1.82) is 0 Å². The largest absolute Gasteiger partial charge is 0.390 e. The molecule has 16 heavy (non-hydrogen) atoms. The monoisotopic (exact) mass is 250 g/mol. The van der Waals surface area contributed by atoms with E-state index in [1.165, 1.54) is 0 Å². The number of likely N-dealkylation sites (N-methyl/N-ethyl adjacent to an activating group) is 1. The Morgan fingerprint density at radius 2 is 2.25 bits per heavy atom. The van der Waals surface area contributed by atoms with Gasteiger partial charge in [-0.2, -0.15) is 0 Å². The molecule has 0 radical (unpaired) electrons. The molecule has 0 spiro atoms. The molecule has 1 aliphatic rings. The molecule has 1 rings (SSSR count). The molecule has 0 aromatic rings. The number of nitrogens with zero attached hydrogens (tertiary/aromatic N) is 1. The normalized spacial score (nSPS) is 27.8. The molecular weight excluding hydrogens is 228 g/mol. The highest BCUT2D eigenvalue weighted by Crippen LogP contribution is 2.11. The molecule has 0 amide bonds. The molecule has 2 atom stereocenters. The summed E-state index contributed by atoms with van der Waals surface area (Å²) in [4.78, 5) is 2.04. The second kappa shape index (κ2) is 5.95. The van der Waals surface area contributed by atoms with Gasteiger partial charge in [0.05, 0.1) is 17.6 Å². The van der Waals surface area contributed by atoms with Gasteiger partial charge in [-0.1, -0.05) is 6.92 Å². The Hall–Kier alpha value is -0.170. The second-order valence-electron chi connectivity index (χ2n) is 4.42. The van der Waals surface area contributed by atoms with Crippen LogP contribution in [-0.4, -0.2) is 68.3 Å². The van der Waals surface area contributed by atoms with Crippen LogP contribution in [0.2, 0.25) is 0 Å². The number of β-amino-alcohol motifs (C(OH)–C–C–N with tert-alkyl or cyclic N) is 1. The number of sulfone groups is 1. The van der Waals surface area contributed by atoms with Crippen LogP contribution in [0.1, 0.15) is 13.8 Å². The Morgan fingerprint density at radius 3 is 2.81 bits per heavy atom. The van der Waals surface area contributed by atoms with Gasteiger partial charge in [0.25, 0.3) is 0 Å². The average Bonchev–Trinajstić information content (AvgIpc) is 2.18. The summed E-state index contributed by atoms with van der Waals surface area (Å²) >= 11 is 0. The van der Waals surface area contributed by atoms with E-state index in [4.69, 9.17) is 0 Å². The predicted octanol–water partition coefficient (Wildman–Crippen LogP) is -0.924. The van der Waals surface area contributed by atoms with E-state index < -0.39 is 15.9 Å². The van der Waals surface area contributed by atoms with Crippen LogP contribution in [0.25, 0.3) is 0 Å². The van der Waals surface area contributed by atoms with Crippen LogP contribution in [0.5, 0.6) is 0 Å². The van der Waals surface area contributed by atoms with Crippen molar-refractivity contribution < 1.29 is 13.5 Å². The SMILES string of the molecule is CCNCC(O)CN1CCS(=O)(=O)CC1C. The molecule has 2 unspecified atom stereocenters. The Bertz CT molecular complexity index is 305. The maximum atomic E-state index is 11.4. The molecule has 1 fully saturated rings. The second-order valence-corrected chi connectivity index (χ2v) is 6.65. The van der Waals surface area contributed by atoms with Crippen molar-refractivity contribution >= 4 is 9.84 Å². The third-order valence-corrected chi connectivity index (χ3v) is 4.68. The summed E-state index contributed by atoms with van der Waals surface area (Å²) in [5.74, 6) is 0.423. The number of hydrogen-bond donors (Lipinski definition) is 2. The molecule has 1 aliphatic heterocycles. The highest BCUT2D eigenvalue weighted by atomic mass is 32.2. The lowest BCUT2D eigenvalue weighted by molar-refractivity contribution is 0.0968. The number of aliphatic hydroxyl groups is 1. The van der Waals surface area contributed by atoms with Crippen LogP contribution >= 0.6 is 0 Å². The summed E-state index contributed by atoms with van der Waals surface area (Å²) in [6.45, 7) is 6.36. The number of aliphatic hydroxyl groups excluding tert-OH is 1. The van der Waals surface area contributed by atoms with E-state index >= 15 is 0 Å². The quantitative estimate of drug-likeness (QED) is 0.660. The lowest BCUT2D eigenvalue weighted by Crippen LogP contribution is -2.50. The maximum Gasteiger partial charge on any atom is 0.153 e. The van der Waals surface area contributed by atoms with Gasteiger partial charge in [0.1, 0.15) is 0 Å². The lowest BCUT2D eigenvalue weighted by Gasteiger charge is -2.34. The van der Waals surface area contributed by atoms with Crippen LogP contribution in [0.3, 0.4) is 0 Å². The molecule has 1 saturated heterocycles. The van der Waals surface area contributed by atoms with E-state index in [2.05, 4.69) is 5.32 Å².